The minimum absolute atomic E-state index is 0.512. The molecule has 1 heterocycles. The van der Waals surface area contributed by atoms with Crippen LogP contribution < -0.4 is 5.32 Å². The van der Waals surface area contributed by atoms with Gasteiger partial charge in [-0.2, -0.15) is 0 Å². The van der Waals surface area contributed by atoms with Crippen LogP contribution in [0.2, 0.25) is 0 Å². The van der Waals surface area contributed by atoms with Crippen LogP contribution >= 0.6 is 0 Å². The summed E-state index contributed by atoms with van der Waals surface area (Å²) in [5.41, 5.74) is 1.04. The summed E-state index contributed by atoms with van der Waals surface area (Å²) in [5, 5.41) is 3.34. The SMILES string of the molecule is Cc1nccc(CNCCOC2CCCC2)n1. The van der Waals surface area contributed by atoms with Gasteiger partial charge in [0, 0.05) is 19.3 Å². The molecule has 17 heavy (non-hydrogen) atoms. The Bertz CT molecular complexity index is 337. The average molecular weight is 235 g/mol. The Balaban J connectivity index is 1.56. The first-order valence-electron chi connectivity index (χ1n) is 6.45. The summed E-state index contributed by atoms with van der Waals surface area (Å²) in [4.78, 5) is 8.41. The molecule has 0 aliphatic heterocycles. The summed E-state index contributed by atoms with van der Waals surface area (Å²) in [6.07, 6.45) is 7.46. The molecule has 0 atom stereocenters. The Morgan fingerprint density at radius 2 is 2.24 bits per heavy atom. The normalized spacial score (nSPS) is 16.5. The summed E-state index contributed by atoms with van der Waals surface area (Å²) >= 11 is 0. The second-order valence-corrected chi connectivity index (χ2v) is 4.55. The van der Waals surface area contributed by atoms with E-state index in [1.54, 1.807) is 6.20 Å². The van der Waals surface area contributed by atoms with Gasteiger partial charge in [0.25, 0.3) is 0 Å². The Labute approximate surface area is 103 Å². The second kappa shape index (κ2) is 6.67. The lowest BCUT2D eigenvalue weighted by Crippen LogP contribution is -2.22. The van der Waals surface area contributed by atoms with Crippen molar-refractivity contribution >= 4 is 0 Å². The van der Waals surface area contributed by atoms with Gasteiger partial charge in [-0.1, -0.05) is 12.8 Å². The Hall–Kier alpha value is -1.00. The van der Waals surface area contributed by atoms with Gasteiger partial charge >= 0.3 is 0 Å². The Morgan fingerprint density at radius 1 is 1.41 bits per heavy atom. The number of nitrogens with zero attached hydrogens (tertiary/aromatic N) is 2. The van der Waals surface area contributed by atoms with Crippen LogP contribution in [0, 0.1) is 6.92 Å². The predicted molar refractivity (Wildman–Crippen MR) is 66.7 cm³/mol. The van der Waals surface area contributed by atoms with Crippen LogP contribution in [0.15, 0.2) is 12.3 Å². The van der Waals surface area contributed by atoms with Crippen molar-refractivity contribution in [1.29, 1.82) is 0 Å². The van der Waals surface area contributed by atoms with Crippen LogP contribution in [0.4, 0.5) is 0 Å². The molecule has 0 radical (unpaired) electrons. The molecule has 4 nitrogen and oxygen atoms in total. The zero-order valence-corrected chi connectivity index (χ0v) is 10.5. The standard InChI is InChI=1S/C13H21N3O/c1-11-15-7-6-12(16-11)10-14-8-9-17-13-4-2-3-5-13/h6-7,13-14H,2-5,8-10H2,1H3. The minimum atomic E-state index is 0.512. The lowest BCUT2D eigenvalue weighted by Gasteiger charge is -2.11. The zero-order valence-electron chi connectivity index (χ0n) is 10.5. The van der Waals surface area contributed by atoms with Gasteiger partial charge in [-0.3, -0.25) is 0 Å². The first-order chi connectivity index (χ1) is 8.34. The van der Waals surface area contributed by atoms with Crippen molar-refractivity contribution in [3.05, 3.63) is 23.8 Å². The molecule has 1 fully saturated rings. The number of nitrogens with one attached hydrogen (secondary N) is 1. The third-order valence-corrected chi connectivity index (χ3v) is 3.07. The van der Waals surface area contributed by atoms with Crippen molar-refractivity contribution < 1.29 is 4.74 Å². The monoisotopic (exact) mass is 235 g/mol. The van der Waals surface area contributed by atoms with Crippen molar-refractivity contribution in [2.45, 2.75) is 45.3 Å². The van der Waals surface area contributed by atoms with E-state index >= 15 is 0 Å². The average Bonchev–Trinajstić information content (AvgIpc) is 2.82. The van der Waals surface area contributed by atoms with E-state index in [4.69, 9.17) is 4.74 Å². The van der Waals surface area contributed by atoms with Gasteiger partial charge < -0.3 is 10.1 Å². The fourth-order valence-electron chi connectivity index (χ4n) is 2.17. The predicted octanol–water partition coefficient (Wildman–Crippen LogP) is 1.83. The van der Waals surface area contributed by atoms with Crippen LogP contribution in [-0.4, -0.2) is 29.2 Å². The molecule has 1 aromatic heterocycles. The van der Waals surface area contributed by atoms with Crippen LogP contribution in [0.3, 0.4) is 0 Å². The summed E-state index contributed by atoms with van der Waals surface area (Å²) in [6, 6.07) is 1.94. The highest BCUT2D eigenvalue weighted by molar-refractivity contribution is 5.00. The van der Waals surface area contributed by atoms with Crippen molar-refractivity contribution in [3.63, 3.8) is 0 Å². The molecular weight excluding hydrogens is 214 g/mol. The summed E-state index contributed by atoms with van der Waals surface area (Å²) in [7, 11) is 0. The number of hydrogen-bond acceptors (Lipinski definition) is 4. The van der Waals surface area contributed by atoms with E-state index in [0.717, 1.165) is 31.2 Å². The van der Waals surface area contributed by atoms with Crippen molar-refractivity contribution in [1.82, 2.24) is 15.3 Å². The highest BCUT2D eigenvalue weighted by Gasteiger charge is 2.14. The summed E-state index contributed by atoms with van der Waals surface area (Å²) < 4.78 is 5.77. The maximum Gasteiger partial charge on any atom is 0.125 e. The molecule has 0 aromatic carbocycles. The highest BCUT2D eigenvalue weighted by Crippen LogP contribution is 2.20. The van der Waals surface area contributed by atoms with Crippen LogP contribution in [0.5, 0.6) is 0 Å². The fraction of sp³-hybridized carbons (Fsp3) is 0.692. The van der Waals surface area contributed by atoms with Crippen LogP contribution in [0.25, 0.3) is 0 Å². The molecule has 2 rings (SSSR count). The second-order valence-electron chi connectivity index (χ2n) is 4.55. The van der Waals surface area contributed by atoms with E-state index in [1.807, 2.05) is 13.0 Å². The van der Waals surface area contributed by atoms with Gasteiger partial charge in [-0.15, -0.1) is 0 Å². The number of ether oxygens (including phenoxy) is 1. The minimum Gasteiger partial charge on any atom is -0.377 e. The van der Waals surface area contributed by atoms with Gasteiger partial charge in [0.15, 0.2) is 0 Å². The topological polar surface area (TPSA) is 47.0 Å². The maximum atomic E-state index is 5.77. The maximum absolute atomic E-state index is 5.77. The van der Waals surface area contributed by atoms with Gasteiger partial charge in [-0.05, 0) is 25.8 Å². The molecule has 1 saturated carbocycles. The molecule has 1 aromatic rings. The van der Waals surface area contributed by atoms with Gasteiger partial charge in [-0.25, -0.2) is 9.97 Å². The third-order valence-electron chi connectivity index (χ3n) is 3.07. The molecule has 94 valence electrons. The molecule has 0 bridgehead atoms. The molecule has 0 amide bonds. The van der Waals surface area contributed by atoms with Crippen LogP contribution in [-0.2, 0) is 11.3 Å². The number of aryl methyl sites for hydroxylation is 1. The molecular formula is C13H21N3O. The lowest BCUT2D eigenvalue weighted by atomic mass is 10.3. The third kappa shape index (κ3) is 4.40. The number of aromatic nitrogens is 2. The fourth-order valence-corrected chi connectivity index (χ4v) is 2.17. The van der Waals surface area contributed by atoms with Gasteiger partial charge in [0.1, 0.15) is 5.82 Å². The van der Waals surface area contributed by atoms with Crippen LogP contribution in [0.1, 0.15) is 37.2 Å². The Kier molecular flexibility index (Phi) is 4.88. The number of rotatable bonds is 6. The molecule has 0 spiro atoms. The van der Waals surface area contributed by atoms with E-state index in [9.17, 15) is 0 Å². The zero-order chi connectivity index (χ0) is 11.9. The highest BCUT2D eigenvalue weighted by atomic mass is 16.5. The van der Waals surface area contributed by atoms with Gasteiger partial charge in [0.2, 0.25) is 0 Å². The van der Waals surface area contributed by atoms with Crippen molar-refractivity contribution in [2.75, 3.05) is 13.2 Å². The number of hydrogen-bond donors (Lipinski definition) is 1. The van der Waals surface area contributed by atoms with Gasteiger partial charge in [0.05, 0.1) is 18.4 Å². The quantitative estimate of drug-likeness (QED) is 0.764. The molecule has 1 aliphatic carbocycles. The smallest absolute Gasteiger partial charge is 0.125 e. The first-order valence-corrected chi connectivity index (χ1v) is 6.45. The first kappa shape index (κ1) is 12.5. The molecule has 0 unspecified atom stereocenters. The molecule has 1 N–H and O–H groups in total. The summed E-state index contributed by atoms with van der Waals surface area (Å²) in [5.74, 6) is 0.825. The van der Waals surface area contributed by atoms with E-state index in [-0.39, 0.29) is 0 Å². The molecule has 1 aliphatic rings. The molecule has 0 saturated heterocycles. The van der Waals surface area contributed by atoms with Crippen molar-refractivity contribution in [2.24, 2.45) is 0 Å². The largest absolute Gasteiger partial charge is 0.377 e. The molecule has 4 heteroatoms. The Morgan fingerprint density at radius 3 is 3.00 bits per heavy atom. The summed E-state index contributed by atoms with van der Waals surface area (Å²) in [6.45, 7) is 4.39. The van der Waals surface area contributed by atoms with Crippen molar-refractivity contribution in [3.8, 4) is 0 Å². The van der Waals surface area contributed by atoms with E-state index in [0.29, 0.717) is 6.10 Å². The van der Waals surface area contributed by atoms with E-state index in [1.165, 1.54) is 25.7 Å². The lowest BCUT2D eigenvalue weighted by molar-refractivity contribution is 0.0602. The van der Waals surface area contributed by atoms with E-state index < -0.39 is 0 Å². The van der Waals surface area contributed by atoms with E-state index in [2.05, 4.69) is 15.3 Å².